The van der Waals surface area contributed by atoms with E-state index in [0.717, 1.165) is 0 Å². The van der Waals surface area contributed by atoms with E-state index in [2.05, 4.69) is 41.8 Å². The van der Waals surface area contributed by atoms with E-state index in [1.54, 1.807) is 19.1 Å². The lowest BCUT2D eigenvalue weighted by molar-refractivity contribution is -0.390. The van der Waals surface area contributed by atoms with Crippen LogP contribution in [0.3, 0.4) is 0 Å². The van der Waals surface area contributed by atoms with E-state index < -0.39 is 16.7 Å². The number of halogens is 2. The Bertz CT molecular complexity index is 1210. The van der Waals surface area contributed by atoms with Gasteiger partial charge >= 0.3 is 17.6 Å². The number of nitro groups is 1. The quantitative estimate of drug-likeness (QED) is 0.234. The fourth-order valence-corrected chi connectivity index (χ4v) is 3.30. The molecule has 0 saturated heterocycles. The number of benzene rings is 1. The lowest BCUT2D eigenvalue weighted by Gasteiger charge is -2.09. The van der Waals surface area contributed by atoms with Crippen molar-refractivity contribution in [3.8, 4) is 5.75 Å². The molecule has 0 saturated carbocycles. The zero-order valence-electron chi connectivity index (χ0n) is 17.3. The number of nitrogens with one attached hydrogen (secondary N) is 2. The van der Waals surface area contributed by atoms with Crippen molar-refractivity contribution in [3.05, 3.63) is 60.8 Å². The Labute approximate surface area is 199 Å². The SMILES string of the molecule is COc1ccc(Cl)cc1C(=O)NCCNC(=O)c1nc(Cn2nc([N+](=O)[O-])c(Br)c2C)no1. The molecule has 3 rings (SSSR count). The van der Waals surface area contributed by atoms with Crippen LogP contribution in [0.25, 0.3) is 0 Å². The van der Waals surface area contributed by atoms with Crippen LogP contribution in [-0.4, -0.2) is 56.9 Å². The van der Waals surface area contributed by atoms with Crippen molar-refractivity contribution in [2.75, 3.05) is 20.2 Å². The van der Waals surface area contributed by atoms with Crippen molar-refractivity contribution in [2.24, 2.45) is 0 Å². The van der Waals surface area contributed by atoms with Gasteiger partial charge in [0.25, 0.3) is 5.91 Å². The van der Waals surface area contributed by atoms with E-state index in [-0.39, 0.29) is 47.2 Å². The van der Waals surface area contributed by atoms with Gasteiger partial charge in [-0.25, -0.2) is 0 Å². The second-order valence-corrected chi connectivity index (χ2v) is 7.74. The molecule has 33 heavy (non-hydrogen) atoms. The maximum Gasteiger partial charge on any atom is 0.404 e. The standard InChI is InChI=1S/C18H17BrClN7O6/c1-9-14(19)15(27(30)31)24-26(9)8-13-23-18(33-25-13)17(29)22-6-5-21-16(28)11-7-10(20)3-4-12(11)32-2/h3-4,7H,5-6,8H2,1-2H3,(H,21,28)(H,22,29). The van der Waals surface area contributed by atoms with Gasteiger partial charge in [0.05, 0.1) is 23.5 Å². The van der Waals surface area contributed by atoms with E-state index in [1.165, 1.54) is 17.9 Å². The Morgan fingerprint density at radius 3 is 2.64 bits per heavy atom. The Balaban J connectivity index is 1.52. The summed E-state index contributed by atoms with van der Waals surface area (Å²) in [5.41, 5.74) is 0.753. The fraction of sp³-hybridized carbons (Fsp3) is 0.278. The molecule has 0 unspecified atom stereocenters. The van der Waals surface area contributed by atoms with Crippen LogP contribution in [0.15, 0.2) is 27.2 Å². The van der Waals surface area contributed by atoms with Crippen LogP contribution in [0.5, 0.6) is 5.75 Å². The summed E-state index contributed by atoms with van der Waals surface area (Å²) < 4.78 is 11.6. The zero-order chi connectivity index (χ0) is 24.1. The molecule has 0 aliphatic heterocycles. The van der Waals surface area contributed by atoms with Gasteiger partial charge in [0, 0.05) is 18.1 Å². The third kappa shape index (κ3) is 5.64. The lowest BCUT2D eigenvalue weighted by Crippen LogP contribution is -2.35. The summed E-state index contributed by atoms with van der Waals surface area (Å²) in [5.74, 6) is -1.23. The number of carbonyl (C=O) groups excluding carboxylic acids is 2. The van der Waals surface area contributed by atoms with Crippen LogP contribution in [0.1, 0.15) is 32.6 Å². The molecule has 0 aliphatic rings. The molecule has 0 atom stereocenters. The monoisotopic (exact) mass is 541 g/mol. The van der Waals surface area contributed by atoms with Crippen molar-refractivity contribution in [1.29, 1.82) is 0 Å². The number of amides is 2. The fourth-order valence-electron chi connectivity index (χ4n) is 2.70. The van der Waals surface area contributed by atoms with Crippen molar-refractivity contribution < 1.29 is 23.8 Å². The Morgan fingerprint density at radius 2 is 2.00 bits per heavy atom. The number of hydrogen-bond donors (Lipinski definition) is 2. The Morgan fingerprint density at radius 1 is 1.30 bits per heavy atom. The topological polar surface area (TPSA) is 167 Å². The van der Waals surface area contributed by atoms with Gasteiger partial charge in [-0.3, -0.25) is 9.59 Å². The van der Waals surface area contributed by atoms with E-state index >= 15 is 0 Å². The van der Waals surface area contributed by atoms with Crippen LogP contribution in [-0.2, 0) is 6.54 Å². The summed E-state index contributed by atoms with van der Waals surface area (Å²) in [6.45, 7) is 1.80. The minimum Gasteiger partial charge on any atom is -0.496 e. The predicted octanol–water partition coefficient (Wildman–Crippen LogP) is 2.12. The number of nitrogens with zero attached hydrogens (tertiary/aromatic N) is 5. The highest BCUT2D eigenvalue weighted by atomic mass is 79.9. The first-order valence-electron chi connectivity index (χ1n) is 9.31. The average molecular weight is 543 g/mol. The maximum atomic E-state index is 12.3. The van der Waals surface area contributed by atoms with E-state index in [0.29, 0.717) is 16.5 Å². The molecule has 0 aliphatic carbocycles. The number of methoxy groups -OCH3 is 1. The highest BCUT2D eigenvalue weighted by Crippen LogP contribution is 2.27. The van der Waals surface area contributed by atoms with Crippen LogP contribution < -0.4 is 15.4 Å². The second-order valence-electron chi connectivity index (χ2n) is 6.51. The molecule has 2 aromatic heterocycles. The Kier molecular flexibility index (Phi) is 7.60. The molecule has 2 heterocycles. The number of carbonyl (C=O) groups is 2. The summed E-state index contributed by atoms with van der Waals surface area (Å²) in [6.07, 6.45) is 0. The molecular formula is C18H17BrClN7O6. The number of rotatable bonds is 9. The van der Waals surface area contributed by atoms with Gasteiger partial charge in [-0.2, -0.15) is 9.67 Å². The lowest BCUT2D eigenvalue weighted by atomic mass is 10.2. The van der Waals surface area contributed by atoms with Gasteiger partial charge in [0.15, 0.2) is 5.82 Å². The van der Waals surface area contributed by atoms with Crippen LogP contribution in [0, 0.1) is 17.0 Å². The first-order chi connectivity index (χ1) is 15.7. The van der Waals surface area contributed by atoms with Gasteiger partial charge < -0.3 is 30.0 Å². The summed E-state index contributed by atoms with van der Waals surface area (Å²) in [7, 11) is 1.44. The van der Waals surface area contributed by atoms with Crippen LogP contribution >= 0.6 is 27.5 Å². The number of hydrogen-bond acceptors (Lipinski definition) is 9. The maximum absolute atomic E-state index is 12.3. The van der Waals surface area contributed by atoms with Gasteiger partial charge in [-0.15, -0.1) is 0 Å². The predicted molar refractivity (Wildman–Crippen MR) is 117 cm³/mol. The minimum absolute atomic E-state index is 0.0351. The molecule has 0 fully saturated rings. The first kappa shape index (κ1) is 24.1. The molecule has 15 heteroatoms. The van der Waals surface area contributed by atoms with Crippen LogP contribution in [0.2, 0.25) is 5.02 Å². The minimum atomic E-state index is -0.646. The van der Waals surface area contributed by atoms with Gasteiger partial charge in [0.2, 0.25) is 0 Å². The smallest absolute Gasteiger partial charge is 0.404 e. The molecule has 0 radical (unpaired) electrons. The van der Waals surface area contributed by atoms with Gasteiger partial charge in [-0.05, 0) is 46.0 Å². The summed E-state index contributed by atoms with van der Waals surface area (Å²) in [5, 5.41) is 24.1. The molecule has 1 aromatic carbocycles. The third-order valence-electron chi connectivity index (χ3n) is 4.35. The third-order valence-corrected chi connectivity index (χ3v) is 5.51. The highest BCUT2D eigenvalue weighted by molar-refractivity contribution is 9.10. The van der Waals surface area contributed by atoms with Crippen molar-refractivity contribution >= 4 is 45.2 Å². The molecular weight excluding hydrogens is 526 g/mol. The largest absolute Gasteiger partial charge is 0.496 e. The number of aromatic nitrogens is 4. The molecule has 2 N–H and O–H groups in total. The molecule has 0 spiro atoms. The van der Waals surface area contributed by atoms with E-state index in [4.69, 9.17) is 20.9 Å². The second kappa shape index (κ2) is 10.4. The van der Waals surface area contributed by atoms with Gasteiger partial charge in [0.1, 0.15) is 16.8 Å². The average Bonchev–Trinajstić information content (AvgIpc) is 3.37. The van der Waals surface area contributed by atoms with Crippen LogP contribution in [0.4, 0.5) is 5.82 Å². The highest BCUT2D eigenvalue weighted by Gasteiger charge is 2.25. The molecule has 3 aromatic rings. The Hall–Kier alpha value is -3.52. The molecule has 13 nitrogen and oxygen atoms in total. The van der Waals surface area contributed by atoms with Crippen molar-refractivity contribution in [1.82, 2.24) is 30.6 Å². The first-order valence-corrected chi connectivity index (χ1v) is 10.5. The van der Waals surface area contributed by atoms with Gasteiger partial charge in [-0.1, -0.05) is 16.8 Å². The summed E-state index contributed by atoms with van der Waals surface area (Å²) >= 11 is 9.04. The molecule has 174 valence electrons. The zero-order valence-corrected chi connectivity index (χ0v) is 19.6. The van der Waals surface area contributed by atoms with E-state index in [9.17, 15) is 19.7 Å². The normalized spacial score (nSPS) is 10.7. The molecule has 0 bridgehead atoms. The summed E-state index contributed by atoms with van der Waals surface area (Å²) in [6, 6.07) is 4.65. The summed E-state index contributed by atoms with van der Waals surface area (Å²) in [4.78, 5) is 38.8. The molecule has 2 amide bonds. The van der Waals surface area contributed by atoms with E-state index in [1.807, 2.05) is 0 Å². The van der Waals surface area contributed by atoms with Crippen molar-refractivity contribution in [3.63, 3.8) is 0 Å². The van der Waals surface area contributed by atoms with Crippen molar-refractivity contribution in [2.45, 2.75) is 13.5 Å². The number of ether oxygens (including phenoxy) is 1.